The van der Waals surface area contributed by atoms with Gasteiger partial charge >= 0.3 is 0 Å². The molecule has 0 fully saturated rings. The lowest BCUT2D eigenvalue weighted by molar-refractivity contribution is 0.536. The maximum absolute atomic E-state index is 4.02. The molecule has 0 heterocycles. The topological polar surface area (TPSA) is 12.0 Å². The monoisotopic (exact) mass is 147 g/mol. The quantitative estimate of drug-likeness (QED) is 0.569. The Morgan fingerprint density at radius 3 is 2.44 bits per heavy atom. The highest BCUT2D eigenvalue weighted by Gasteiger charge is 1.99. The van der Waals surface area contributed by atoms with Crippen LogP contribution in [-0.4, -0.2) is 6.04 Å². The van der Waals surface area contributed by atoms with Crippen LogP contribution in [0.1, 0.15) is 39.5 Å². The first-order valence-corrected chi connectivity index (χ1v) is 4.19. The first-order chi connectivity index (χ1) is 4.35. The van der Waals surface area contributed by atoms with Crippen LogP contribution in [-0.2, 0) is 0 Å². The summed E-state index contributed by atoms with van der Waals surface area (Å²) in [6.07, 6.45) is 5.04. The van der Waals surface area contributed by atoms with E-state index >= 15 is 0 Å². The molecule has 2 heteroatoms. The molecule has 0 aromatic carbocycles. The lowest BCUT2D eigenvalue weighted by atomic mass is 10.1. The van der Waals surface area contributed by atoms with Crippen molar-refractivity contribution in [2.75, 3.05) is 0 Å². The van der Waals surface area contributed by atoms with Gasteiger partial charge in [-0.3, -0.25) is 4.72 Å². The van der Waals surface area contributed by atoms with Crippen molar-refractivity contribution in [3.63, 3.8) is 0 Å². The van der Waals surface area contributed by atoms with E-state index in [1.807, 2.05) is 0 Å². The zero-order valence-electron chi connectivity index (χ0n) is 6.35. The van der Waals surface area contributed by atoms with Gasteiger partial charge in [-0.05, 0) is 12.8 Å². The van der Waals surface area contributed by atoms with Crippen molar-refractivity contribution in [1.82, 2.24) is 4.72 Å². The fraction of sp³-hybridized carbons (Fsp3) is 1.00. The SMILES string of the molecule is CCCCC(CC)NS. The Morgan fingerprint density at radius 1 is 1.44 bits per heavy atom. The lowest BCUT2D eigenvalue weighted by Gasteiger charge is -2.10. The van der Waals surface area contributed by atoms with Crippen LogP contribution in [0.3, 0.4) is 0 Å². The van der Waals surface area contributed by atoms with Crippen LogP contribution in [0.5, 0.6) is 0 Å². The van der Waals surface area contributed by atoms with Crippen LogP contribution in [0.15, 0.2) is 0 Å². The molecule has 0 aromatic heterocycles. The summed E-state index contributed by atoms with van der Waals surface area (Å²) in [7, 11) is 0. The highest BCUT2D eigenvalue weighted by atomic mass is 32.1. The molecular weight excluding hydrogens is 130 g/mol. The minimum absolute atomic E-state index is 0.619. The van der Waals surface area contributed by atoms with E-state index in [1.54, 1.807) is 0 Å². The summed E-state index contributed by atoms with van der Waals surface area (Å²) >= 11 is 4.02. The van der Waals surface area contributed by atoms with Crippen LogP contribution in [0.25, 0.3) is 0 Å². The Labute approximate surface area is 63.8 Å². The van der Waals surface area contributed by atoms with Gasteiger partial charge in [-0.25, -0.2) is 0 Å². The number of nitrogens with one attached hydrogen (secondary N) is 1. The van der Waals surface area contributed by atoms with E-state index < -0.39 is 0 Å². The van der Waals surface area contributed by atoms with E-state index in [0.29, 0.717) is 6.04 Å². The zero-order chi connectivity index (χ0) is 7.11. The first-order valence-electron chi connectivity index (χ1n) is 3.74. The van der Waals surface area contributed by atoms with Crippen molar-refractivity contribution < 1.29 is 0 Å². The molecule has 1 N–H and O–H groups in total. The van der Waals surface area contributed by atoms with Crippen molar-refractivity contribution >= 4 is 12.8 Å². The van der Waals surface area contributed by atoms with Gasteiger partial charge in [0.05, 0.1) is 0 Å². The summed E-state index contributed by atoms with van der Waals surface area (Å²) in [5.41, 5.74) is 0. The largest absolute Gasteiger partial charge is 0.264 e. The molecule has 0 saturated carbocycles. The van der Waals surface area contributed by atoms with Gasteiger partial charge < -0.3 is 0 Å². The second kappa shape index (κ2) is 6.43. The van der Waals surface area contributed by atoms with Crippen molar-refractivity contribution in [2.24, 2.45) is 0 Å². The van der Waals surface area contributed by atoms with E-state index in [-0.39, 0.29) is 0 Å². The van der Waals surface area contributed by atoms with Gasteiger partial charge in [-0.2, -0.15) is 0 Å². The van der Waals surface area contributed by atoms with E-state index in [2.05, 4.69) is 31.4 Å². The smallest absolute Gasteiger partial charge is 0.0166 e. The molecule has 1 nitrogen and oxygen atoms in total. The summed E-state index contributed by atoms with van der Waals surface area (Å²) in [6, 6.07) is 0.619. The maximum atomic E-state index is 4.02. The molecule has 0 aromatic rings. The maximum Gasteiger partial charge on any atom is 0.0166 e. The van der Waals surface area contributed by atoms with Gasteiger partial charge in [0.15, 0.2) is 0 Å². The highest BCUT2D eigenvalue weighted by Crippen LogP contribution is 2.03. The number of rotatable bonds is 5. The van der Waals surface area contributed by atoms with Crippen LogP contribution in [0.2, 0.25) is 0 Å². The molecule has 9 heavy (non-hydrogen) atoms. The third-order valence-electron chi connectivity index (χ3n) is 1.58. The van der Waals surface area contributed by atoms with E-state index in [9.17, 15) is 0 Å². The molecule has 0 amide bonds. The molecule has 0 aliphatic rings. The molecule has 0 saturated heterocycles. The van der Waals surface area contributed by atoms with Crippen molar-refractivity contribution in [3.8, 4) is 0 Å². The molecule has 0 aliphatic heterocycles. The summed E-state index contributed by atoms with van der Waals surface area (Å²) in [6.45, 7) is 4.40. The van der Waals surface area contributed by atoms with Crippen LogP contribution in [0.4, 0.5) is 0 Å². The summed E-state index contributed by atoms with van der Waals surface area (Å²) < 4.78 is 2.98. The third kappa shape index (κ3) is 4.79. The van der Waals surface area contributed by atoms with Crippen molar-refractivity contribution in [3.05, 3.63) is 0 Å². The Kier molecular flexibility index (Phi) is 6.65. The fourth-order valence-electron chi connectivity index (χ4n) is 0.810. The predicted molar refractivity (Wildman–Crippen MR) is 45.7 cm³/mol. The lowest BCUT2D eigenvalue weighted by Crippen LogP contribution is -2.18. The highest BCUT2D eigenvalue weighted by molar-refractivity contribution is 7.78. The van der Waals surface area contributed by atoms with Gasteiger partial charge in [0.2, 0.25) is 0 Å². The minimum Gasteiger partial charge on any atom is -0.264 e. The fourth-order valence-corrected chi connectivity index (χ4v) is 1.12. The van der Waals surface area contributed by atoms with E-state index in [4.69, 9.17) is 0 Å². The van der Waals surface area contributed by atoms with Gasteiger partial charge in [0.25, 0.3) is 0 Å². The van der Waals surface area contributed by atoms with Gasteiger partial charge in [-0.1, -0.05) is 39.5 Å². The number of hydrogen-bond acceptors (Lipinski definition) is 2. The Hall–Kier alpha value is 0.310. The zero-order valence-corrected chi connectivity index (χ0v) is 7.25. The Balaban J connectivity index is 3.09. The number of hydrogen-bond donors (Lipinski definition) is 2. The van der Waals surface area contributed by atoms with Crippen LogP contribution in [0, 0.1) is 0 Å². The summed E-state index contributed by atoms with van der Waals surface area (Å²) in [5, 5.41) is 0. The Bertz CT molecular complexity index is 52.9. The molecule has 0 bridgehead atoms. The van der Waals surface area contributed by atoms with Crippen LogP contribution < -0.4 is 4.72 Å². The second-order valence-electron chi connectivity index (χ2n) is 2.38. The molecular formula is C7H17NS. The Morgan fingerprint density at radius 2 is 2.11 bits per heavy atom. The average molecular weight is 147 g/mol. The summed E-state index contributed by atoms with van der Waals surface area (Å²) in [4.78, 5) is 0. The summed E-state index contributed by atoms with van der Waals surface area (Å²) in [5.74, 6) is 0. The molecule has 1 unspecified atom stereocenters. The minimum atomic E-state index is 0.619. The molecule has 0 rings (SSSR count). The van der Waals surface area contributed by atoms with Crippen molar-refractivity contribution in [1.29, 1.82) is 0 Å². The van der Waals surface area contributed by atoms with Crippen molar-refractivity contribution in [2.45, 2.75) is 45.6 Å². The third-order valence-corrected chi connectivity index (χ3v) is 1.95. The molecule has 56 valence electrons. The normalized spacial score (nSPS) is 13.7. The predicted octanol–water partition coefficient (Wildman–Crippen LogP) is 2.39. The first kappa shape index (κ1) is 9.31. The van der Waals surface area contributed by atoms with Crippen LogP contribution >= 0.6 is 12.8 Å². The molecule has 0 radical (unpaired) electrons. The molecule has 0 aliphatic carbocycles. The van der Waals surface area contributed by atoms with Gasteiger partial charge in [0, 0.05) is 6.04 Å². The van der Waals surface area contributed by atoms with Gasteiger partial charge in [-0.15, -0.1) is 0 Å². The standard InChI is InChI=1S/C7H17NS/c1-3-5-6-7(4-2)8-9/h7-9H,3-6H2,1-2H3. The van der Waals surface area contributed by atoms with E-state index in [1.165, 1.54) is 25.7 Å². The van der Waals surface area contributed by atoms with E-state index in [0.717, 1.165) is 0 Å². The number of unbranched alkanes of at least 4 members (excludes halogenated alkanes) is 1. The molecule has 1 atom stereocenters. The number of thiol groups is 1. The van der Waals surface area contributed by atoms with Gasteiger partial charge in [0.1, 0.15) is 0 Å². The molecule has 0 spiro atoms. The average Bonchev–Trinajstić information content (AvgIpc) is 1.91. The second-order valence-corrected chi connectivity index (χ2v) is 2.63.